The number of sulfonamides is 1. The lowest BCUT2D eigenvalue weighted by molar-refractivity contribution is 0.169. The Morgan fingerprint density at radius 2 is 1.95 bits per heavy atom. The van der Waals surface area contributed by atoms with Crippen molar-refractivity contribution in [3.8, 4) is 0 Å². The highest BCUT2D eigenvalue weighted by atomic mass is 79.9. The molecular weight excluding hydrogens is 374 g/mol. The van der Waals surface area contributed by atoms with Crippen LogP contribution in [0.5, 0.6) is 0 Å². The third-order valence-electron chi connectivity index (χ3n) is 4.55. The van der Waals surface area contributed by atoms with E-state index < -0.39 is 10.0 Å². The van der Waals surface area contributed by atoms with E-state index in [4.69, 9.17) is 11.6 Å². The number of benzene rings is 1. The number of hydrogen-bond acceptors (Lipinski definition) is 2. The molecule has 21 heavy (non-hydrogen) atoms. The number of alkyl halides is 1. The van der Waals surface area contributed by atoms with E-state index in [1.165, 1.54) is 0 Å². The predicted molar refractivity (Wildman–Crippen MR) is 90.1 cm³/mol. The van der Waals surface area contributed by atoms with Gasteiger partial charge in [-0.1, -0.05) is 26.3 Å². The summed E-state index contributed by atoms with van der Waals surface area (Å²) in [6.45, 7) is 5.58. The van der Waals surface area contributed by atoms with Gasteiger partial charge in [0, 0.05) is 23.4 Å². The highest BCUT2D eigenvalue weighted by Crippen LogP contribution is 2.37. The van der Waals surface area contributed by atoms with Crippen molar-refractivity contribution >= 4 is 37.6 Å². The molecule has 118 valence electrons. The molecule has 0 aromatic heterocycles. The average Bonchev–Trinajstić information content (AvgIpc) is 2.48. The maximum atomic E-state index is 12.8. The van der Waals surface area contributed by atoms with Crippen LogP contribution in [0.2, 0.25) is 0 Å². The largest absolute Gasteiger partial charge is 0.244 e. The van der Waals surface area contributed by atoms with E-state index in [1.54, 1.807) is 16.4 Å². The Morgan fingerprint density at radius 1 is 1.33 bits per heavy atom. The van der Waals surface area contributed by atoms with E-state index >= 15 is 0 Å². The average molecular weight is 395 g/mol. The molecule has 0 N–H and O–H groups in total. The number of rotatable bonds is 4. The molecule has 1 aromatic rings. The summed E-state index contributed by atoms with van der Waals surface area (Å²) in [5.74, 6) is 0.309. The van der Waals surface area contributed by atoms with E-state index in [2.05, 4.69) is 29.8 Å². The van der Waals surface area contributed by atoms with E-state index in [9.17, 15) is 8.42 Å². The summed E-state index contributed by atoms with van der Waals surface area (Å²) in [5.41, 5.74) is 1.08. The Labute approximate surface area is 140 Å². The molecule has 1 aliphatic rings. The Balaban J connectivity index is 2.27. The second-order valence-corrected chi connectivity index (χ2v) is 8.99. The van der Waals surface area contributed by atoms with Gasteiger partial charge in [0.25, 0.3) is 0 Å². The summed E-state index contributed by atoms with van der Waals surface area (Å²) in [7, 11) is -3.46. The lowest BCUT2D eigenvalue weighted by atomic mass is 9.79. The molecule has 0 spiro atoms. The third-order valence-corrected chi connectivity index (χ3v) is 7.75. The predicted octanol–water partition coefficient (Wildman–Crippen LogP) is 4.39. The van der Waals surface area contributed by atoms with Gasteiger partial charge in [0.15, 0.2) is 0 Å². The molecule has 2 rings (SSSR count). The van der Waals surface area contributed by atoms with Crippen molar-refractivity contribution in [2.45, 2.75) is 43.9 Å². The maximum absolute atomic E-state index is 12.8. The molecule has 1 fully saturated rings. The summed E-state index contributed by atoms with van der Waals surface area (Å²) >= 11 is 9.17. The SMILES string of the molecule is CCC1(C)CCN(S(=O)(=O)c2cc(CCl)ccc2Br)CC1. The van der Waals surface area contributed by atoms with Crippen molar-refractivity contribution in [2.24, 2.45) is 5.41 Å². The lowest BCUT2D eigenvalue weighted by Gasteiger charge is -2.38. The summed E-state index contributed by atoms with van der Waals surface area (Å²) in [4.78, 5) is 0.320. The molecule has 3 nitrogen and oxygen atoms in total. The van der Waals surface area contributed by atoms with Crippen molar-refractivity contribution < 1.29 is 8.42 Å². The van der Waals surface area contributed by atoms with Crippen molar-refractivity contribution in [3.63, 3.8) is 0 Å². The molecule has 1 aliphatic heterocycles. The summed E-state index contributed by atoms with van der Waals surface area (Å²) < 4.78 is 27.9. The topological polar surface area (TPSA) is 37.4 Å². The summed E-state index contributed by atoms with van der Waals surface area (Å²) in [5, 5.41) is 0. The van der Waals surface area contributed by atoms with Gasteiger partial charge in [0.2, 0.25) is 10.0 Å². The fourth-order valence-electron chi connectivity index (χ4n) is 2.59. The molecular formula is C15H21BrClNO2S. The first-order valence-corrected chi connectivity index (χ1v) is 9.94. The minimum atomic E-state index is -3.46. The number of halogens is 2. The van der Waals surface area contributed by atoms with Crippen LogP contribution in [-0.4, -0.2) is 25.8 Å². The standard InChI is InChI=1S/C15H21BrClNO2S/c1-3-15(2)6-8-18(9-7-15)21(19,20)14-10-12(11-17)4-5-13(14)16/h4-5,10H,3,6-9,11H2,1-2H3. The zero-order valence-electron chi connectivity index (χ0n) is 12.4. The fourth-order valence-corrected chi connectivity index (χ4v) is 5.17. The Morgan fingerprint density at radius 3 is 2.48 bits per heavy atom. The molecule has 0 unspecified atom stereocenters. The van der Waals surface area contributed by atoms with E-state index in [1.807, 2.05) is 6.07 Å². The van der Waals surface area contributed by atoms with Gasteiger partial charge in [-0.15, -0.1) is 11.6 Å². The van der Waals surface area contributed by atoms with Crippen LogP contribution in [0.1, 0.15) is 38.7 Å². The molecule has 0 aliphatic carbocycles. The molecule has 1 saturated heterocycles. The van der Waals surface area contributed by atoms with Gasteiger partial charge >= 0.3 is 0 Å². The van der Waals surface area contributed by atoms with Gasteiger partial charge in [0.1, 0.15) is 0 Å². The molecule has 0 saturated carbocycles. The van der Waals surface area contributed by atoms with Crippen LogP contribution in [0, 0.1) is 5.41 Å². The first-order chi connectivity index (χ1) is 9.82. The minimum Gasteiger partial charge on any atom is -0.207 e. The highest BCUT2D eigenvalue weighted by Gasteiger charge is 2.35. The number of piperidine rings is 1. The van der Waals surface area contributed by atoms with Crippen molar-refractivity contribution in [1.82, 2.24) is 4.31 Å². The highest BCUT2D eigenvalue weighted by molar-refractivity contribution is 9.10. The maximum Gasteiger partial charge on any atom is 0.244 e. The van der Waals surface area contributed by atoms with Crippen LogP contribution in [-0.2, 0) is 15.9 Å². The first-order valence-electron chi connectivity index (χ1n) is 7.17. The monoisotopic (exact) mass is 393 g/mol. The fraction of sp³-hybridized carbons (Fsp3) is 0.600. The normalized spacial score (nSPS) is 19.6. The van der Waals surface area contributed by atoms with Crippen molar-refractivity contribution in [1.29, 1.82) is 0 Å². The Bertz CT molecular complexity index is 610. The van der Waals surface area contributed by atoms with E-state index in [-0.39, 0.29) is 5.41 Å². The zero-order valence-corrected chi connectivity index (χ0v) is 15.6. The smallest absolute Gasteiger partial charge is 0.207 e. The van der Waals surface area contributed by atoms with Gasteiger partial charge in [-0.2, -0.15) is 4.31 Å². The molecule has 0 radical (unpaired) electrons. The van der Waals surface area contributed by atoms with E-state index in [0.29, 0.717) is 28.3 Å². The van der Waals surface area contributed by atoms with Crippen molar-refractivity contribution in [2.75, 3.05) is 13.1 Å². The van der Waals surface area contributed by atoms with Crippen LogP contribution in [0.15, 0.2) is 27.6 Å². The van der Waals surface area contributed by atoms with Crippen LogP contribution in [0.3, 0.4) is 0 Å². The molecule has 0 atom stereocenters. The quantitative estimate of drug-likeness (QED) is 0.710. The van der Waals surface area contributed by atoms with Crippen molar-refractivity contribution in [3.05, 3.63) is 28.2 Å². The minimum absolute atomic E-state index is 0.265. The molecule has 6 heteroatoms. The second-order valence-electron chi connectivity index (χ2n) is 5.97. The third kappa shape index (κ3) is 3.63. The van der Waals surface area contributed by atoms with Gasteiger partial charge in [0.05, 0.1) is 4.90 Å². The van der Waals surface area contributed by atoms with Gasteiger partial charge in [-0.05, 0) is 51.9 Å². The zero-order chi connectivity index (χ0) is 15.7. The van der Waals surface area contributed by atoms with Gasteiger partial charge < -0.3 is 0 Å². The summed E-state index contributed by atoms with van der Waals surface area (Å²) in [6.07, 6.45) is 2.91. The number of nitrogens with zero attached hydrogens (tertiary/aromatic N) is 1. The van der Waals surface area contributed by atoms with Gasteiger partial charge in [-0.3, -0.25) is 0 Å². The van der Waals surface area contributed by atoms with Crippen LogP contribution >= 0.6 is 27.5 Å². The second kappa shape index (κ2) is 6.57. The first kappa shape index (κ1) is 17.3. The summed E-state index contributed by atoms with van der Waals surface area (Å²) in [6, 6.07) is 5.26. The molecule has 1 heterocycles. The van der Waals surface area contributed by atoms with Crippen LogP contribution in [0.4, 0.5) is 0 Å². The number of hydrogen-bond donors (Lipinski definition) is 0. The lowest BCUT2D eigenvalue weighted by Crippen LogP contribution is -2.42. The Hall–Kier alpha value is -0.100. The molecule has 0 bridgehead atoms. The molecule has 1 aromatic carbocycles. The van der Waals surface area contributed by atoms with Gasteiger partial charge in [-0.25, -0.2) is 8.42 Å². The molecule has 0 amide bonds. The van der Waals surface area contributed by atoms with E-state index in [0.717, 1.165) is 24.8 Å². The van der Waals surface area contributed by atoms with Crippen LogP contribution < -0.4 is 0 Å². The Kier molecular flexibility index (Phi) is 5.40. The van der Waals surface area contributed by atoms with Crippen LogP contribution in [0.25, 0.3) is 0 Å².